The van der Waals surface area contributed by atoms with Gasteiger partial charge < -0.3 is 5.73 Å². The Labute approximate surface area is 92.2 Å². The molecule has 1 rings (SSSR count). The summed E-state index contributed by atoms with van der Waals surface area (Å²) in [6.45, 7) is 0.401. The molecule has 1 aromatic rings. The molecular weight excluding hydrogens is 342 g/mol. The molecule has 0 aliphatic carbocycles. The Bertz CT molecular complexity index is 222. The summed E-state index contributed by atoms with van der Waals surface area (Å²) in [5.74, 6) is -0.224. The average Bonchev–Trinajstić information content (AvgIpc) is 2.06. The fourth-order valence-corrected chi connectivity index (χ4v) is 0.664. The Morgan fingerprint density at radius 2 is 2.00 bits per heavy atom. The van der Waals surface area contributed by atoms with E-state index in [-0.39, 0.29) is 19.0 Å². The predicted molar refractivity (Wildman–Crippen MR) is 52.1 cm³/mol. The fourth-order valence-electron chi connectivity index (χ4n) is 0.664. The van der Waals surface area contributed by atoms with Crippen molar-refractivity contribution >= 4 is 27.2 Å². The summed E-state index contributed by atoms with van der Waals surface area (Å²) in [6, 6.07) is 6.28. The van der Waals surface area contributed by atoms with Crippen LogP contribution in [0, 0.1) is 5.82 Å². The molecule has 0 saturated heterocycles. The zero-order chi connectivity index (χ0) is 9.40. The molecule has 2 N–H and O–H groups in total. The molecule has 0 aliphatic rings. The zero-order valence-corrected chi connectivity index (χ0v) is 12.6. The topological polar surface area (TPSA) is 26.0 Å². The molecule has 1 aromatic carbocycles. The molecule has 0 fully saturated rings. The summed E-state index contributed by atoms with van der Waals surface area (Å²) in [6.07, 6.45) is 0. The SMILES string of the molecule is NCc1cccc(F)c1.[Br][Zn][Br]. The molecular formula is C7H8Br2FNZn. The number of nitrogens with two attached hydrogens (primary N) is 1. The molecule has 5 heteroatoms. The summed E-state index contributed by atoms with van der Waals surface area (Å²) < 4.78 is 12.3. The van der Waals surface area contributed by atoms with Crippen LogP contribution in [0.2, 0.25) is 0 Å². The van der Waals surface area contributed by atoms with Crippen molar-refractivity contribution in [1.82, 2.24) is 0 Å². The number of halogens is 3. The van der Waals surface area contributed by atoms with Crippen molar-refractivity contribution < 1.29 is 17.6 Å². The molecule has 0 atom stereocenters. The van der Waals surface area contributed by atoms with Crippen molar-refractivity contribution in [3.8, 4) is 0 Å². The summed E-state index contributed by atoms with van der Waals surface area (Å²) in [7, 11) is 0. The van der Waals surface area contributed by atoms with Gasteiger partial charge in [0.1, 0.15) is 5.82 Å². The van der Waals surface area contributed by atoms with E-state index in [0.717, 1.165) is 5.56 Å². The van der Waals surface area contributed by atoms with Crippen LogP contribution in [0.25, 0.3) is 0 Å². The second-order valence-electron chi connectivity index (χ2n) is 1.94. The summed E-state index contributed by atoms with van der Waals surface area (Å²) >= 11 is 6.25. The van der Waals surface area contributed by atoms with E-state index in [1.54, 1.807) is 12.1 Å². The summed E-state index contributed by atoms with van der Waals surface area (Å²) in [4.78, 5) is 0. The second kappa shape index (κ2) is 8.30. The number of rotatable bonds is 1. The molecule has 12 heavy (non-hydrogen) atoms. The van der Waals surface area contributed by atoms with Crippen LogP contribution < -0.4 is 5.73 Å². The quantitative estimate of drug-likeness (QED) is 0.775. The van der Waals surface area contributed by atoms with Gasteiger partial charge in [0.05, 0.1) is 0 Å². The van der Waals surface area contributed by atoms with E-state index in [9.17, 15) is 4.39 Å². The van der Waals surface area contributed by atoms with E-state index < -0.39 is 0 Å². The minimum absolute atomic E-state index is 0.224. The fraction of sp³-hybridized carbons (Fsp3) is 0.143. The molecule has 1 nitrogen and oxygen atoms in total. The van der Waals surface area contributed by atoms with Gasteiger partial charge in [-0.1, -0.05) is 12.1 Å². The first-order chi connectivity index (χ1) is 5.74. The molecule has 0 saturated carbocycles. The minimum atomic E-state index is -0.250. The van der Waals surface area contributed by atoms with E-state index in [4.69, 9.17) is 5.73 Å². The van der Waals surface area contributed by atoms with E-state index >= 15 is 0 Å². The number of hydrogen-bond acceptors (Lipinski definition) is 1. The van der Waals surface area contributed by atoms with Gasteiger partial charge >= 0.3 is 40.5 Å². The number of benzene rings is 1. The van der Waals surface area contributed by atoms with Crippen LogP contribution in [0.5, 0.6) is 0 Å². The van der Waals surface area contributed by atoms with E-state index in [1.807, 2.05) is 0 Å². The Morgan fingerprint density at radius 3 is 2.33 bits per heavy atom. The molecule has 0 amide bonds. The summed E-state index contributed by atoms with van der Waals surface area (Å²) in [5.41, 5.74) is 6.08. The Balaban J connectivity index is 0.000000354. The molecule has 0 unspecified atom stereocenters. The van der Waals surface area contributed by atoms with Crippen molar-refractivity contribution in [1.29, 1.82) is 0 Å². The molecule has 0 heterocycles. The molecule has 0 spiro atoms. The third kappa shape index (κ3) is 6.24. The van der Waals surface area contributed by atoms with Crippen LogP contribution in [-0.4, -0.2) is 0 Å². The third-order valence-corrected chi connectivity index (χ3v) is 1.12. The normalized spacial score (nSPS) is 8.00. The van der Waals surface area contributed by atoms with Gasteiger partial charge in [-0.15, -0.1) is 0 Å². The Morgan fingerprint density at radius 1 is 1.42 bits per heavy atom. The second-order valence-corrected chi connectivity index (χ2v) is 16.0. The standard InChI is InChI=1S/C7H8FN.2BrH.Zn/c8-7-3-1-2-6(4-7)5-9;;;/h1-4H,5,9H2;2*1H;/q;;;+2/p-2. The molecule has 0 aromatic heterocycles. The van der Waals surface area contributed by atoms with Gasteiger partial charge in [0.25, 0.3) is 0 Å². The van der Waals surface area contributed by atoms with Gasteiger partial charge in [-0.25, -0.2) is 4.39 Å². The van der Waals surface area contributed by atoms with Crippen molar-refractivity contribution in [2.45, 2.75) is 6.54 Å². The zero-order valence-electron chi connectivity index (χ0n) is 6.43. The monoisotopic (exact) mass is 347 g/mol. The molecule has 0 bridgehead atoms. The molecule has 0 aliphatic heterocycles. The third-order valence-electron chi connectivity index (χ3n) is 1.12. The van der Waals surface area contributed by atoms with Gasteiger partial charge in [0.2, 0.25) is 0 Å². The van der Waals surface area contributed by atoms with E-state index in [0.29, 0.717) is 6.54 Å². The van der Waals surface area contributed by atoms with Crippen molar-refractivity contribution in [3.63, 3.8) is 0 Å². The van der Waals surface area contributed by atoms with Crippen LogP contribution in [0.1, 0.15) is 5.56 Å². The van der Waals surface area contributed by atoms with Crippen LogP contribution >= 0.6 is 27.2 Å². The van der Waals surface area contributed by atoms with Crippen molar-refractivity contribution in [2.24, 2.45) is 5.73 Å². The first-order valence-corrected chi connectivity index (χ1v) is 17.2. The maximum atomic E-state index is 12.3. The van der Waals surface area contributed by atoms with Gasteiger partial charge in [0, 0.05) is 6.54 Å². The van der Waals surface area contributed by atoms with Gasteiger partial charge in [-0.05, 0) is 17.7 Å². The van der Waals surface area contributed by atoms with Gasteiger partial charge in [-0.3, -0.25) is 0 Å². The Hall–Kier alpha value is 0.693. The predicted octanol–water partition coefficient (Wildman–Crippen LogP) is 2.97. The molecule has 64 valence electrons. The van der Waals surface area contributed by atoms with E-state index in [2.05, 4.69) is 27.2 Å². The Kier molecular flexibility index (Phi) is 8.78. The van der Waals surface area contributed by atoms with Gasteiger partial charge in [0.15, 0.2) is 0 Å². The van der Waals surface area contributed by atoms with Crippen LogP contribution in [-0.2, 0) is 19.8 Å². The number of hydrogen-bond donors (Lipinski definition) is 1. The van der Waals surface area contributed by atoms with Crippen LogP contribution in [0.3, 0.4) is 0 Å². The molecule has 0 radical (unpaired) electrons. The van der Waals surface area contributed by atoms with Crippen molar-refractivity contribution in [2.75, 3.05) is 0 Å². The van der Waals surface area contributed by atoms with Crippen LogP contribution in [0.15, 0.2) is 24.3 Å². The van der Waals surface area contributed by atoms with Crippen molar-refractivity contribution in [3.05, 3.63) is 35.6 Å². The van der Waals surface area contributed by atoms with E-state index in [1.165, 1.54) is 12.1 Å². The first kappa shape index (κ1) is 12.7. The van der Waals surface area contributed by atoms with Gasteiger partial charge in [-0.2, -0.15) is 0 Å². The first-order valence-electron chi connectivity index (χ1n) is 3.31. The average molecular weight is 350 g/mol. The maximum absolute atomic E-state index is 12.3. The van der Waals surface area contributed by atoms with Crippen LogP contribution in [0.4, 0.5) is 4.39 Å². The summed E-state index contributed by atoms with van der Waals surface area (Å²) in [5, 5.41) is 0.